The topological polar surface area (TPSA) is 72.5 Å². The zero-order chi connectivity index (χ0) is 12.4. The smallest absolute Gasteiger partial charge is 0.336 e. The molecule has 2 rings (SSSR count). The first-order chi connectivity index (χ1) is 8.09. The van der Waals surface area contributed by atoms with Crippen molar-refractivity contribution in [2.75, 3.05) is 12.3 Å². The molecule has 4 nitrogen and oxygen atoms in total. The summed E-state index contributed by atoms with van der Waals surface area (Å²) in [6.45, 7) is 2.73. The summed E-state index contributed by atoms with van der Waals surface area (Å²) in [6, 6.07) is 4.98. The third-order valence-electron chi connectivity index (χ3n) is 2.85. The van der Waals surface area contributed by atoms with Gasteiger partial charge in [-0.05, 0) is 25.5 Å². The van der Waals surface area contributed by atoms with E-state index in [0.717, 1.165) is 13.0 Å². The Kier molecular flexibility index (Phi) is 3.59. The Morgan fingerprint density at radius 1 is 1.59 bits per heavy atom. The van der Waals surface area contributed by atoms with E-state index in [9.17, 15) is 4.79 Å². The van der Waals surface area contributed by atoms with E-state index in [4.69, 9.17) is 15.6 Å². The minimum Gasteiger partial charge on any atom is -0.478 e. The van der Waals surface area contributed by atoms with Crippen molar-refractivity contribution >= 4 is 23.4 Å². The molecular formula is C12H15NO3S. The number of thioether (sulfide) groups is 1. The molecule has 2 atom stereocenters. The number of ether oxygens (including phenoxy) is 1. The van der Waals surface area contributed by atoms with Gasteiger partial charge in [-0.3, -0.25) is 0 Å². The van der Waals surface area contributed by atoms with E-state index in [1.54, 1.807) is 18.2 Å². The third kappa shape index (κ3) is 2.56. The molecule has 1 aliphatic heterocycles. The fraction of sp³-hybridized carbons (Fsp3) is 0.417. The zero-order valence-corrected chi connectivity index (χ0v) is 10.4. The molecule has 0 saturated carbocycles. The van der Waals surface area contributed by atoms with E-state index in [1.165, 1.54) is 11.8 Å². The number of benzene rings is 1. The molecule has 0 aliphatic carbocycles. The summed E-state index contributed by atoms with van der Waals surface area (Å²) in [5, 5.41) is 9.41. The van der Waals surface area contributed by atoms with Gasteiger partial charge in [0.2, 0.25) is 0 Å². The fourth-order valence-electron chi connectivity index (χ4n) is 1.87. The lowest BCUT2D eigenvalue weighted by Gasteiger charge is -2.16. The van der Waals surface area contributed by atoms with Crippen LogP contribution in [0.4, 0.5) is 5.69 Å². The Bertz CT molecular complexity index is 436. The van der Waals surface area contributed by atoms with E-state index in [0.29, 0.717) is 10.6 Å². The number of nitrogens with two attached hydrogens (primary N) is 1. The van der Waals surface area contributed by atoms with Gasteiger partial charge in [-0.2, -0.15) is 0 Å². The molecule has 0 bridgehead atoms. The monoisotopic (exact) mass is 253 g/mol. The van der Waals surface area contributed by atoms with Crippen LogP contribution < -0.4 is 5.73 Å². The first-order valence-electron chi connectivity index (χ1n) is 5.49. The van der Waals surface area contributed by atoms with Crippen LogP contribution in [-0.2, 0) is 4.74 Å². The number of hydrogen-bond acceptors (Lipinski definition) is 4. The van der Waals surface area contributed by atoms with Crippen LogP contribution in [0.2, 0.25) is 0 Å². The number of aromatic carboxylic acids is 1. The summed E-state index contributed by atoms with van der Waals surface area (Å²) < 4.78 is 5.47. The summed E-state index contributed by atoms with van der Waals surface area (Å²) in [5.74, 6) is -0.939. The molecule has 0 aromatic heterocycles. The van der Waals surface area contributed by atoms with Gasteiger partial charge in [-0.15, -0.1) is 11.8 Å². The van der Waals surface area contributed by atoms with E-state index >= 15 is 0 Å². The van der Waals surface area contributed by atoms with Gasteiger partial charge in [0.15, 0.2) is 0 Å². The van der Waals surface area contributed by atoms with Gasteiger partial charge in [0.25, 0.3) is 0 Å². The van der Waals surface area contributed by atoms with Gasteiger partial charge in [-0.25, -0.2) is 4.79 Å². The highest BCUT2D eigenvalue weighted by atomic mass is 32.2. The molecular weight excluding hydrogens is 238 g/mol. The Hall–Kier alpha value is -1.20. The summed E-state index contributed by atoms with van der Waals surface area (Å²) in [7, 11) is 0. The lowest BCUT2D eigenvalue weighted by Crippen LogP contribution is -2.14. The van der Waals surface area contributed by atoms with Crippen LogP contribution in [0.3, 0.4) is 0 Å². The Labute approximate surface area is 104 Å². The van der Waals surface area contributed by atoms with Crippen LogP contribution in [-0.4, -0.2) is 29.0 Å². The van der Waals surface area contributed by atoms with Gasteiger partial charge in [0, 0.05) is 22.4 Å². The van der Waals surface area contributed by atoms with E-state index < -0.39 is 5.97 Å². The van der Waals surface area contributed by atoms with Crippen LogP contribution in [0.15, 0.2) is 23.1 Å². The lowest BCUT2D eigenvalue weighted by atomic mass is 10.2. The number of rotatable bonds is 3. The number of carboxylic acids is 1. The minimum absolute atomic E-state index is 0.140. The van der Waals surface area contributed by atoms with Crippen LogP contribution in [0, 0.1) is 0 Å². The van der Waals surface area contributed by atoms with Crippen LogP contribution >= 0.6 is 11.8 Å². The molecule has 2 unspecified atom stereocenters. The number of carboxylic acid groups (broad SMARTS) is 1. The zero-order valence-electron chi connectivity index (χ0n) is 9.55. The van der Waals surface area contributed by atoms with Crippen LogP contribution in [0.25, 0.3) is 0 Å². The standard InChI is InChI=1S/C12H15NO3S/c1-7-10(5-6-16-7)17-11-8(12(14)15)3-2-4-9(11)13/h2-4,7,10H,5-6,13H2,1H3,(H,14,15). The maximum Gasteiger partial charge on any atom is 0.336 e. The van der Waals surface area contributed by atoms with Crippen molar-refractivity contribution in [2.45, 2.75) is 29.6 Å². The van der Waals surface area contributed by atoms with Crippen molar-refractivity contribution in [2.24, 2.45) is 0 Å². The van der Waals surface area contributed by atoms with Gasteiger partial charge < -0.3 is 15.6 Å². The average molecular weight is 253 g/mol. The van der Waals surface area contributed by atoms with Crippen LogP contribution in [0.1, 0.15) is 23.7 Å². The van der Waals surface area contributed by atoms with Crippen molar-refractivity contribution in [3.05, 3.63) is 23.8 Å². The number of carbonyl (C=O) groups is 1. The molecule has 1 heterocycles. The van der Waals surface area contributed by atoms with Gasteiger partial charge in [0.1, 0.15) is 0 Å². The molecule has 1 aromatic rings. The normalized spacial score (nSPS) is 23.8. The number of hydrogen-bond donors (Lipinski definition) is 2. The van der Waals surface area contributed by atoms with Crippen LogP contribution in [0.5, 0.6) is 0 Å². The fourth-order valence-corrected chi connectivity index (χ4v) is 3.15. The molecule has 92 valence electrons. The summed E-state index contributed by atoms with van der Waals surface area (Å²) in [5.41, 5.74) is 6.65. The summed E-state index contributed by atoms with van der Waals surface area (Å²) in [4.78, 5) is 11.8. The largest absolute Gasteiger partial charge is 0.478 e. The number of nitrogen functional groups attached to an aromatic ring is 1. The van der Waals surface area contributed by atoms with E-state index in [-0.39, 0.29) is 16.9 Å². The molecule has 0 spiro atoms. The Balaban J connectivity index is 2.27. The quantitative estimate of drug-likeness (QED) is 0.808. The molecule has 1 fully saturated rings. The minimum atomic E-state index is -0.939. The highest BCUT2D eigenvalue weighted by Crippen LogP contribution is 2.37. The second-order valence-corrected chi connectivity index (χ2v) is 5.30. The SMILES string of the molecule is CC1OCCC1Sc1c(N)cccc1C(=O)O. The molecule has 0 radical (unpaired) electrons. The summed E-state index contributed by atoms with van der Waals surface area (Å²) >= 11 is 1.51. The van der Waals surface area contributed by atoms with Crippen molar-refractivity contribution in [1.82, 2.24) is 0 Å². The van der Waals surface area contributed by atoms with E-state index in [1.807, 2.05) is 6.92 Å². The van der Waals surface area contributed by atoms with Crippen molar-refractivity contribution in [3.8, 4) is 0 Å². The number of anilines is 1. The maximum atomic E-state index is 11.1. The molecule has 1 aliphatic rings. The van der Waals surface area contributed by atoms with E-state index in [2.05, 4.69) is 0 Å². The Morgan fingerprint density at radius 2 is 2.35 bits per heavy atom. The van der Waals surface area contributed by atoms with Gasteiger partial charge >= 0.3 is 5.97 Å². The molecule has 0 amide bonds. The molecule has 3 N–H and O–H groups in total. The molecule has 1 saturated heterocycles. The summed E-state index contributed by atoms with van der Waals surface area (Å²) in [6.07, 6.45) is 1.07. The predicted octanol–water partition coefficient (Wildman–Crippen LogP) is 2.24. The highest BCUT2D eigenvalue weighted by Gasteiger charge is 2.27. The van der Waals surface area contributed by atoms with Crippen molar-refractivity contribution < 1.29 is 14.6 Å². The second-order valence-electron chi connectivity index (χ2n) is 4.05. The predicted molar refractivity (Wildman–Crippen MR) is 67.5 cm³/mol. The lowest BCUT2D eigenvalue weighted by molar-refractivity contribution is 0.0693. The first kappa shape index (κ1) is 12.3. The molecule has 1 aromatic carbocycles. The first-order valence-corrected chi connectivity index (χ1v) is 6.37. The van der Waals surface area contributed by atoms with Gasteiger partial charge in [0.05, 0.1) is 11.7 Å². The Morgan fingerprint density at radius 3 is 2.94 bits per heavy atom. The third-order valence-corrected chi connectivity index (χ3v) is 4.46. The van der Waals surface area contributed by atoms with Gasteiger partial charge in [-0.1, -0.05) is 6.07 Å². The maximum absolute atomic E-state index is 11.1. The average Bonchev–Trinajstić information content (AvgIpc) is 2.67. The second kappa shape index (κ2) is 4.98. The van der Waals surface area contributed by atoms with Crippen molar-refractivity contribution in [1.29, 1.82) is 0 Å². The highest BCUT2D eigenvalue weighted by molar-refractivity contribution is 8.00. The molecule has 5 heteroatoms. The van der Waals surface area contributed by atoms with Crippen molar-refractivity contribution in [3.63, 3.8) is 0 Å². The molecule has 17 heavy (non-hydrogen) atoms.